The molecule has 0 aliphatic carbocycles. The summed E-state index contributed by atoms with van der Waals surface area (Å²) in [7, 11) is 0. The van der Waals surface area contributed by atoms with Crippen molar-refractivity contribution in [2.75, 3.05) is 11.5 Å². The highest BCUT2D eigenvalue weighted by atomic mass is 35.5. The van der Waals surface area contributed by atoms with Crippen LogP contribution < -0.4 is 0 Å². The average molecular weight is 265 g/mol. The van der Waals surface area contributed by atoms with Crippen molar-refractivity contribution in [3.8, 4) is 0 Å². The summed E-state index contributed by atoms with van der Waals surface area (Å²) in [5.41, 5.74) is 0.609. The fourth-order valence-corrected chi connectivity index (χ4v) is 3.83. The molecule has 1 saturated heterocycles. The van der Waals surface area contributed by atoms with Crippen LogP contribution in [0.2, 0.25) is 5.02 Å². The Bertz CT molecular complexity index is 336. The first-order valence-electron chi connectivity index (χ1n) is 4.83. The summed E-state index contributed by atoms with van der Waals surface area (Å²) in [6.07, 6.45) is 0.646. The van der Waals surface area contributed by atoms with E-state index >= 15 is 0 Å². The number of alkyl halides is 1. The van der Waals surface area contributed by atoms with Crippen molar-refractivity contribution in [2.45, 2.75) is 11.8 Å². The van der Waals surface area contributed by atoms with Gasteiger partial charge in [-0.15, -0.1) is 11.6 Å². The van der Waals surface area contributed by atoms with E-state index in [-0.39, 0.29) is 11.2 Å². The Morgan fingerprint density at radius 2 is 2.20 bits per heavy atom. The predicted octanol–water partition coefficient (Wildman–Crippen LogP) is 3.99. The molecule has 2 unspecified atom stereocenters. The third-order valence-corrected chi connectivity index (χ3v) is 4.95. The predicted molar refractivity (Wildman–Crippen MR) is 65.6 cm³/mol. The SMILES string of the molecule is Fc1cccc(Cl)c1CC1CSCC1Cl. The standard InChI is InChI=1S/C11H11Cl2FS/c12-9-2-1-3-11(14)8(9)4-7-5-15-6-10(7)13/h1-3,7,10H,4-6H2. The Balaban J connectivity index is 2.16. The fourth-order valence-electron chi connectivity index (χ4n) is 1.75. The molecule has 0 radical (unpaired) electrons. The van der Waals surface area contributed by atoms with E-state index in [0.717, 1.165) is 11.5 Å². The first-order chi connectivity index (χ1) is 7.18. The quantitative estimate of drug-likeness (QED) is 0.728. The van der Waals surface area contributed by atoms with E-state index in [4.69, 9.17) is 23.2 Å². The van der Waals surface area contributed by atoms with Gasteiger partial charge in [-0.05, 0) is 30.2 Å². The second-order valence-electron chi connectivity index (χ2n) is 3.72. The summed E-state index contributed by atoms with van der Waals surface area (Å²) >= 11 is 13.9. The van der Waals surface area contributed by atoms with E-state index in [1.54, 1.807) is 12.1 Å². The molecule has 0 spiro atoms. The summed E-state index contributed by atoms with van der Waals surface area (Å²) in [5, 5.41) is 0.654. The molecule has 0 bridgehead atoms. The lowest BCUT2D eigenvalue weighted by Crippen LogP contribution is -2.15. The van der Waals surface area contributed by atoms with Crippen molar-refractivity contribution in [1.82, 2.24) is 0 Å². The number of hydrogen-bond donors (Lipinski definition) is 0. The second-order valence-corrected chi connectivity index (χ2v) is 5.76. The molecular weight excluding hydrogens is 254 g/mol. The molecule has 2 atom stereocenters. The van der Waals surface area contributed by atoms with Gasteiger partial charge in [-0.25, -0.2) is 4.39 Å². The van der Waals surface area contributed by atoms with Crippen molar-refractivity contribution >= 4 is 35.0 Å². The van der Waals surface area contributed by atoms with E-state index in [2.05, 4.69) is 0 Å². The van der Waals surface area contributed by atoms with Crippen LogP contribution in [0.15, 0.2) is 18.2 Å². The Kier molecular flexibility index (Phi) is 3.81. The highest BCUT2D eigenvalue weighted by molar-refractivity contribution is 7.99. The summed E-state index contributed by atoms with van der Waals surface area (Å²) in [6.45, 7) is 0. The minimum atomic E-state index is -0.219. The molecule has 2 rings (SSSR count). The Morgan fingerprint density at radius 3 is 2.80 bits per heavy atom. The van der Waals surface area contributed by atoms with E-state index in [1.807, 2.05) is 11.8 Å². The van der Waals surface area contributed by atoms with Crippen molar-refractivity contribution < 1.29 is 4.39 Å². The second kappa shape index (κ2) is 4.94. The minimum absolute atomic E-state index is 0.144. The summed E-state index contributed by atoms with van der Waals surface area (Å²) in [6, 6.07) is 4.81. The lowest BCUT2D eigenvalue weighted by Gasteiger charge is -2.14. The molecular formula is C11H11Cl2FS. The van der Waals surface area contributed by atoms with Gasteiger partial charge in [0.05, 0.1) is 0 Å². The van der Waals surface area contributed by atoms with Crippen LogP contribution in [0.3, 0.4) is 0 Å². The van der Waals surface area contributed by atoms with Gasteiger partial charge in [0.1, 0.15) is 5.82 Å². The van der Waals surface area contributed by atoms with Crippen molar-refractivity contribution in [2.24, 2.45) is 5.92 Å². The number of thioether (sulfide) groups is 1. The first kappa shape index (κ1) is 11.6. The fraction of sp³-hybridized carbons (Fsp3) is 0.455. The maximum atomic E-state index is 13.5. The van der Waals surface area contributed by atoms with Crippen molar-refractivity contribution in [3.05, 3.63) is 34.6 Å². The van der Waals surface area contributed by atoms with Crippen LogP contribution in [0.25, 0.3) is 0 Å². The van der Waals surface area contributed by atoms with E-state index in [0.29, 0.717) is 22.9 Å². The van der Waals surface area contributed by atoms with E-state index in [1.165, 1.54) is 6.07 Å². The van der Waals surface area contributed by atoms with Crippen LogP contribution in [0.4, 0.5) is 4.39 Å². The smallest absolute Gasteiger partial charge is 0.127 e. The van der Waals surface area contributed by atoms with Crippen LogP contribution in [-0.2, 0) is 6.42 Å². The van der Waals surface area contributed by atoms with Gasteiger partial charge in [-0.3, -0.25) is 0 Å². The zero-order chi connectivity index (χ0) is 10.8. The van der Waals surface area contributed by atoms with Gasteiger partial charge < -0.3 is 0 Å². The molecule has 0 aromatic heterocycles. The van der Waals surface area contributed by atoms with Gasteiger partial charge >= 0.3 is 0 Å². The van der Waals surface area contributed by atoms with Gasteiger partial charge in [0.2, 0.25) is 0 Å². The molecule has 0 saturated carbocycles. The largest absolute Gasteiger partial charge is 0.207 e. The number of rotatable bonds is 2. The zero-order valence-electron chi connectivity index (χ0n) is 8.05. The number of hydrogen-bond acceptors (Lipinski definition) is 1. The van der Waals surface area contributed by atoms with Crippen LogP contribution >= 0.6 is 35.0 Å². The van der Waals surface area contributed by atoms with Crippen LogP contribution in [0.5, 0.6) is 0 Å². The summed E-state index contributed by atoms with van der Waals surface area (Å²) in [5.74, 6) is 2.08. The van der Waals surface area contributed by atoms with Gasteiger partial charge in [-0.2, -0.15) is 11.8 Å². The molecule has 82 valence electrons. The van der Waals surface area contributed by atoms with Crippen molar-refractivity contribution in [1.29, 1.82) is 0 Å². The molecule has 1 heterocycles. The van der Waals surface area contributed by atoms with E-state index in [9.17, 15) is 4.39 Å². The Hall–Kier alpha value is 0.0800. The summed E-state index contributed by atoms with van der Waals surface area (Å²) < 4.78 is 13.5. The van der Waals surface area contributed by atoms with Crippen molar-refractivity contribution in [3.63, 3.8) is 0 Å². The lowest BCUT2D eigenvalue weighted by atomic mass is 9.98. The third kappa shape index (κ3) is 2.61. The molecule has 4 heteroatoms. The normalized spacial score (nSPS) is 25.8. The van der Waals surface area contributed by atoms with E-state index < -0.39 is 0 Å². The molecule has 1 aliphatic rings. The van der Waals surface area contributed by atoms with Crippen LogP contribution in [-0.4, -0.2) is 16.9 Å². The third-order valence-electron chi connectivity index (χ3n) is 2.65. The van der Waals surface area contributed by atoms with Gasteiger partial charge in [0, 0.05) is 21.7 Å². The maximum absolute atomic E-state index is 13.5. The molecule has 1 aromatic carbocycles. The molecule has 15 heavy (non-hydrogen) atoms. The highest BCUT2D eigenvalue weighted by Crippen LogP contribution is 2.33. The van der Waals surface area contributed by atoms with Gasteiger partial charge in [0.15, 0.2) is 0 Å². The molecule has 1 fully saturated rings. The number of halogens is 3. The molecule has 1 aliphatic heterocycles. The Morgan fingerprint density at radius 1 is 1.40 bits per heavy atom. The molecule has 0 amide bonds. The molecule has 1 aromatic rings. The van der Waals surface area contributed by atoms with Gasteiger partial charge in [0.25, 0.3) is 0 Å². The highest BCUT2D eigenvalue weighted by Gasteiger charge is 2.27. The number of benzene rings is 1. The zero-order valence-corrected chi connectivity index (χ0v) is 10.4. The maximum Gasteiger partial charge on any atom is 0.127 e. The first-order valence-corrected chi connectivity index (χ1v) is 6.80. The van der Waals surface area contributed by atoms with Crippen LogP contribution in [0, 0.1) is 11.7 Å². The minimum Gasteiger partial charge on any atom is -0.207 e. The molecule has 0 N–H and O–H groups in total. The van der Waals surface area contributed by atoms with Crippen LogP contribution in [0.1, 0.15) is 5.56 Å². The molecule has 0 nitrogen and oxygen atoms in total. The average Bonchev–Trinajstić information content (AvgIpc) is 2.58. The Labute approximate surface area is 103 Å². The lowest BCUT2D eigenvalue weighted by molar-refractivity contribution is 0.557. The van der Waals surface area contributed by atoms with Gasteiger partial charge in [-0.1, -0.05) is 17.7 Å². The topological polar surface area (TPSA) is 0 Å². The summed E-state index contributed by atoms with van der Waals surface area (Å²) in [4.78, 5) is 0. The monoisotopic (exact) mass is 264 g/mol.